The minimum absolute atomic E-state index is 0.413. The van der Waals surface area contributed by atoms with Crippen molar-refractivity contribution in [2.75, 3.05) is 0 Å². The molecule has 0 radical (unpaired) electrons. The lowest BCUT2D eigenvalue weighted by Crippen LogP contribution is -1.98. The molecule has 2 rings (SSSR count). The van der Waals surface area contributed by atoms with Gasteiger partial charge in [0.05, 0.1) is 10.7 Å². The molecule has 88 valence electrons. The zero-order valence-electron chi connectivity index (χ0n) is 9.28. The van der Waals surface area contributed by atoms with Gasteiger partial charge in [-0.1, -0.05) is 17.7 Å². The highest BCUT2D eigenvalue weighted by atomic mass is 79.9. The molecule has 0 saturated carbocycles. The lowest BCUT2D eigenvalue weighted by atomic mass is 10.2. The van der Waals surface area contributed by atoms with Gasteiger partial charge in [-0.15, -0.1) is 0 Å². The maximum Gasteiger partial charge on any atom is 0.138 e. The van der Waals surface area contributed by atoms with Gasteiger partial charge in [-0.2, -0.15) is 0 Å². The molecular weight excluding hydrogens is 302 g/mol. The van der Waals surface area contributed by atoms with E-state index >= 15 is 0 Å². The highest BCUT2D eigenvalue weighted by Crippen LogP contribution is 2.25. The van der Waals surface area contributed by atoms with Gasteiger partial charge in [0, 0.05) is 10.7 Å². The average Bonchev–Trinajstić information content (AvgIpc) is 2.32. The van der Waals surface area contributed by atoms with Crippen molar-refractivity contribution in [3.05, 3.63) is 57.3 Å². The van der Waals surface area contributed by atoms with Crippen LogP contribution in [-0.2, 0) is 6.61 Å². The molecule has 1 heterocycles. The van der Waals surface area contributed by atoms with Gasteiger partial charge < -0.3 is 4.74 Å². The van der Waals surface area contributed by atoms with Crippen LogP contribution in [0.4, 0.5) is 0 Å². The van der Waals surface area contributed by atoms with Crippen LogP contribution < -0.4 is 4.74 Å². The van der Waals surface area contributed by atoms with Gasteiger partial charge in [0.15, 0.2) is 0 Å². The van der Waals surface area contributed by atoms with Crippen LogP contribution in [0.3, 0.4) is 0 Å². The Morgan fingerprint density at radius 1 is 1.29 bits per heavy atom. The summed E-state index contributed by atoms with van der Waals surface area (Å²) in [5.74, 6) is 0.691. The third-order valence-corrected chi connectivity index (χ3v) is 3.03. The normalized spacial score (nSPS) is 10.3. The standard InChI is InChI=1S/C13H11BrClNO/c1-9-2-5-12(15)13(6-9)17-8-11-4-3-10(14)7-16-11/h2-7H,8H2,1H3. The van der Waals surface area contributed by atoms with Gasteiger partial charge >= 0.3 is 0 Å². The molecule has 0 unspecified atom stereocenters. The predicted molar refractivity (Wildman–Crippen MR) is 72.5 cm³/mol. The van der Waals surface area contributed by atoms with Crippen molar-refractivity contribution >= 4 is 27.5 Å². The highest BCUT2D eigenvalue weighted by molar-refractivity contribution is 9.10. The van der Waals surface area contributed by atoms with Crippen LogP contribution in [0.5, 0.6) is 5.75 Å². The summed E-state index contributed by atoms with van der Waals surface area (Å²) in [6.07, 6.45) is 1.75. The summed E-state index contributed by atoms with van der Waals surface area (Å²) in [4.78, 5) is 4.23. The van der Waals surface area contributed by atoms with Crippen molar-refractivity contribution in [2.45, 2.75) is 13.5 Å². The lowest BCUT2D eigenvalue weighted by Gasteiger charge is -2.08. The van der Waals surface area contributed by atoms with Crippen LogP contribution in [0.1, 0.15) is 11.3 Å². The Bertz CT molecular complexity index is 513. The minimum Gasteiger partial charge on any atom is -0.486 e. The summed E-state index contributed by atoms with van der Waals surface area (Å²) in [6, 6.07) is 9.55. The number of nitrogens with zero attached hydrogens (tertiary/aromatic N) is 1. The van der Waals surface area contributed by atoms with E-state index in [9.17, 15) is 0 Å². The Hall–Kier alpha value is -1.06. The van der Waals surface area contributed by atoms with Gasteiger partial charge in [0.2, 0.25) is 0 Å². The van der Waals surface area contributed by atoms with Crippen LogP contribution in [0.15, 0.2) is 41.0 Å². The van der Waals surface area contributed by atoms with Crippen LogP contribution >= 0.6 is 27.5 Å². The zero-order valence-corrected chi connectivity index (χ0v) is 11.6. The number of benzene rings is 1. The summed E-state index contributed by atoms with van der Waals surface area (Å²) in [5, 5.41) is 0.618. The van der Waals surface area contributed by atoms with E-state index in [0.29, 0.717) is 17.4 Å². The largest absolute Gasteiger partial charge is 0.486 e. The highest BCUT2D eigenvalue weighted by Gasteiger charge is 2.02. The molecule has 0 saturated heterocycles. The van der Waals surface area contributed by atoms with Crippen molar-refractivity contribution in [1.82, 2.24) is 4.98 Å². The summed E-state index contributed by atoms with van der Waals surface area (Å²) < 4.78 is 6.59. The first-order chi connectivity index (χ1) is 8.15. The maximum atomic E-state index is 6.03. The van der Waals surface area contributed by atoms with Crippen molar-refractivity contribution in [1.29, 1.82) is 0 Å². The number of halogens is 2. The molecule has 0 bridgehead atoms. The van der Waals surface area contributed by atoms with Crippen molar-refractivity contribution in [2.24, 2.45) is 0 Å². The molecule has 0 spiro atoms. The fourth-order valence-electron chi connectivity index (χ4n) is 1.36. The van der Waals surface area contributed by atoms with E-state index in [1.54, 1.807) is 6.20 Å². The molecule has 0 N–H and O–H groups in total. The third-order valence-electron chi connectivity index (χ3n) is 2.25. The van der Waals surface area contributed by atoms with Crippen LogP contribution in [0, 0.1) is 6.92 Å². The minimum atomic E-state index is 0.413. The number of aromatic nitrogens is 1. The Kier molecular flexibility index (Phi) is 4.02. The van der Waals surface area contributed by atoms with Crippen LogP contribution in [0.2, 0.25) is 5.02 Å². The number of rotatable bonds is 3. The number of ether oxygens (including phenoxy) is 1. The second-order valence-electron chi connectivity index (χ2n) is 3.69. The fraction of sp³-hybridized carbons (Fsp3) is 0.154. The average molecular weight is 313 g/mol. The van der Waals surface area contributed by atoms with Gasteiger partial charge in [-0.25, -0.2) is 0 Å². The van der Waals surface area contributed by atoms with Crippen molar-refractivity contribution in [3.8, 4) is 5.75 Å². The molecule has 2 nitrogen and oxygen atoms in total. The molecule has 0 aliphatic rings. The zero-order chi connectivity index (χ0) is 12.3. The molecule has 0 aliphatic heterocycles. The first-order valence-electron chi connectivity index (χ1n) is 5.14. The number of hydrogen-bond acceptors (Lipinski definition) is 2. The van der Waals surface area contributed by atoms with Gasteiger partial charge in [0.1, 0.15) is 12.4 Å². The molecule has 0 atom stereocenters. The van der Waals surface area contributed by atoms with E-state index in [4.69, 9.17) is 16.3 Å². The molecule has 1 aromatic heterocycles. The smallest absolute Gasteiger partial charge is 0.138 e. The molecular formula is C13H11BrClNO. The maximum absolute atomic E-state index is 6.03. The van der Waals surface area contributed by atoms with Crippen LogP contribution in [0.25, 0.3) is 0 Å². The molecule has 0 aliphatic carbocycles. The summed E-state index contributed by atoms with van der Waals surface area (Å²) in [7, 11) is 0. The second-order valence-corrected chi connectivity index (χ2v) is 5.01. The monoisotopic (exact) mass is 311 g/mol. The fourth-order valence-corrected chi connectivity index (χ4v) is 1.77. The summed E-state index contributed by atoms with van der Waals surface area (Å²) in [5.41, 5.74) is 1.99. The third kappa shape index (κ3) is 3.45. The molecule has 0 fully saturated rings. The lowest BCUT2D eigenvalue weighted by molar-refractivity contribution is 0.301. The van der Waals surface area contributed by atoms with E-state index in [-0.39, 0.29) is 0 Å². The SMILES string of the molecule is Cc1ccc(Cl)c(OCc2ccc(Br)cn2)c1. The quantitative estimate of drug-likeness (QED) is 0.839. The van der Waals surface area contributed by atoms with Crippen molar-refractivity contribution in [3.63, 3.8) is 0 Å². The van der Waals surface area contributed by atoms with Crippen LogP contribution in [-0.4, -0.2) is 4.98 Å². The predicted octanol–water partition coefficient (Wildman–Crippen LogP) is 4.38. The topological polar surface area (TPSA) is 22.1 Å². The van der Waals surface area contributed by atoms with E-state index in [0.717, 1.165) is 15.7 Å². The Morgan fingerprint density at radius 3 is 2.82 bits per heavy atom. The van der Waals surface area contributed by atoms with E-state index in [2.05, 4.69) is 20.9 Å². The van der Waals surface area contributed by atoms with Crippen molar-refractivity contribution < 1.29 is 4.74 Å². The first-order valence-corrected chi connectivity index (χ1v) is 6.31. The Labute approximate surface area is 114 Å². The number of pyridine rings is 1. The number of hydrogen-bond donors (Lipinski definition) is 0. The molecule has 4 heteroatoms. The summed E-state index contributed by atoms with van der Waals surface area (Å²) >= 11 is 9.37. The molecule has 1 aromatic carbocycles. The molecule has 0 amide bonds. The van der Waals surface area contributed by atoms with Gasteiger partial charge in [-0.3, -0.25) is 4.98 Å². The molecule has 2 aromatic rings. The van der Waals surface area contributed by atoms with Gasteiger partial charge in [0.25, 0.3) is 0 Å². The van der Waals surface area contributed by atoms with E-state index in [1.165, 1.54) is 0 Å². The number of aryl methyl sites for hydroxylation is 1. The molecule has 17 heavy (non-hydrogen) atoms. The second kappa shape index (κ2) is 5.52. The first kappa shape index (κ1) is 12.4. The Balaban J connectivity index is 2.07. The van der Waals surface area contributed by atoms with E-state index < -0.39 is 0 Å². The summed E-state index contributed by atoms with van der Waals surface area (Å²) in [6.45, 7) is 2.41. The Morgan fingerprint density at radius 2 is 2.12 bits per heavy atom. The van der Waals surface area contributed by atoms with Gasteiger partial charge in [-0.05, 0) is 52.7 Å². The van der Waals surface area contributed by atoms with E-state index in [1.807, 2.05) is 37.3 Å².